The van der Waals surface area contributed by atoms with Gasteiger partial charge in [-0.2, -0.15) is 0 Å². The zero-order chi connectivity index (χ0) is 15.2. The van der Waals surface area contributed by atoms with Gasteiger partial charge in [0.05, 0.1) is 12.8 Å². The van der Waals surface area contributed by atoms with E-state index in [1.165, 1.54) is 6.07 Å². The number of para-hydroxylation sites is 2. The second-order valence-electron chi connectivity index (χ2n) is 5.01. The number of ether oxygens (including phenoxy) is 1. The summed E-state index contributed by atoms with van der Waals surface area (Å²) >= 11 is 0. The van der Waals surface area contributed by atoms with E-state index < -0.39 is 0 Å². The molecule has 0 saturated carbocycles. The molecule has 0 radical (unpaired) electrons. The van der Waals surface area contributed by atoms with E-state index >= 15 is 0 Å². The maximum absolute atomic E-state index is 13.7. The molecule has 0 aliphatic carbocycles. The van der Waals surface area contributed by atoms with Crippen LogP contribution in [0.15, 0.2) is 48.5 Å². The van der Waals surface area contributed by atoms with E-state index in [1.54, 1.807) is 19.2 Å². The average molecular weight is 288 g/mol. The van der Waals surface area contributed by atoms with Gasteiger partial charge in [0, 0.05) is 25.2 Å². The van der Waals surface area contributed by atoms with Crippen molar-refractivity contribution in [2.75, 3.05) is 25.6 Å². The highest BCUT2D eigenvalue weighted by molar-refractivity contribution is 5.57. The molecule has 3 nitrogen and oxygen atoms in total. The summed E-state index contributed by atoms with van der Waals surface area (Å²) in [4.78, 5) is 2.07. The molecule has 2 rings (SSSR count). The smallest absolute Gasteiger partial charge is 0.142 e. The van der Waals surface area contributed by atoms with Crippen molar-refractivity contribution in [3.63, 3.8) is 0 Å². The highest BCUT2D eigenvalue weighted by Crippen LogP contribution is 2.27. The van der Waals surface area contributed by atoms with Crippen molar-refractivity contribution in [3.05, 3.63) is 59.9 Å². The fourth-order valence-electron chi connectivity index (χ4n) is 2.33. The van der Waals surface area contributed by atoms with Gasteiger partial charge in [0.15, 0.2) is 0 Å². The molecular weight excluding hydrogens is 267 g/mol. The third kappa shape index (κ3) is 3.73. The van der Waals surface area contributed by atoms with Crippen LogP contribution in [0.5, 0.6) is 5.75 Å². The van der Waals surface area contributed by atoms with Crippen molar-refractivity contribution < 1.29 is 9.13 Å². The highest BCUT2D eigenvalue weighted by atomic mass is 19.1. The van der Waals surface area contributed by atoms with Crippen molar-refractivity contribution in [1.29, 1.82) is 0 Å². The summed E-state index contributed by atoms with van der Waals surface area (Å²) in [5.74, 6) is 0.574. The van der Waals surface area contributed by atoms with Gasteiger partial charge in [0.1, 0.15) is 11.6 Å². The molecule has 2 N–H and O–H groups in total. The van der Waals surface area contributed by atoms with Crippen LogP contribution in [0, 0.1) is 5.82 Å². The number of nitrogens with zero attached hydrogens (tertiary/aromatic N) is 1. The zero-order valence-electron chi connectivity index (χ0n) is 12.4. The van der Waals surface area contributed by atoms with Gasteiger partial charge >= 0.3 is 0 Å². The minimum absolute atomic E-state index is 0.245. The maximum Gasteiger partial charge on any atom is 0.142 e. The highest BCUT2D eigenvalue weighted by Gasteiger charge is 2.13. The van der Waals surface area contributed by atoms with E-state index in [0.29, 0.717) is 12.0 Å². The first-order valence-corrected chi connectivity index (χ1v) is 6.97. The second-order valence-corrected chi connectivity index (χ2v) is 5.01. The van der Waals surface area contributed by atoms with Gasteiger partial charge in [-0.15, -0.1) is 0 Å². The Labute approximate surface area is 125 Å². The Morgan fingerprint density at radius 1 is 1.14 bits per heavy atom. The minimum Gasteiger partial charge on any atom is -0.495 e. The van der Waals surface area contributed by atoms with Gasteiger partial charge in [-0.25, -0.2) is 4.39 Å². The van der Waals surface area contributed by atoms with E-state index in [4.69, 9.17) is 10.5 Å². The normalized spacial score (nSPS) is 12.0. The van der Waals surface area contributed by atoms with E-state index in [2.05, 4.69) is 4.90 Å². The SMILES string of the molecule is COc1ccccc1N(C)CCC(N)c1ccccc1F. The summed E-state index contributed by atoms with van der Waals surface area (Å²) in [7, 11) is 3.63. The lowest BCUT2D eigenvalue weighted by atomic mass is 10.0. The van der Waals surface area contributed by atoms with E-state index in [0.717, 1.165) is 18.0 Å². The number of nitrogens with two attached hydrogens (primary N) is 1. The Kier molecular flexibility index (Phi) is 5.17. The summed E-state index contributed by atoms with van der Waals surface area (Å²) in [6.07, 6.45) is 0.662. The monoisotopic (exact) mass is 288 g/mol. The number of hydrogen-bond donors (Lipinski definition) is 1. The second kappa shape index (κ2) is 7.09. The number of halogens is 1. The standard InChI is InChI=1S/C17H21FN2O/c1-20(16-9-5-6-10-17(16)21-2)12-11-15(19)13-7-3-4-8-14(13)18/h3-10,15H,11-12,19H2,1-2H3. The Hall–Kier alpha value is -2.07. The molecule has 0 aliphatic rings. The van der Waals surface area contributed by atoms with Crippen LogP contribution in [-0.4, -0.2) is 20.7 Å². The average Bonchev–Trinajstić information content (AvgIpc) is 2.52. The quantitative estimate of drug-likeness (QED) is 0.886. The molecule has 112 valence electrons. The lowest BCUT2D eigenvalue weighted by molar-refractivity contribution is 0.414. The largest absolute Gasteiger partial charge is 0.495 e. The fraction of sp³-hybridized carbons (Fsp3) is 0.294. The third-order valence-corrected chi connectivity index (χ3v) is 3.58. The van der Waals surface area contributed by atoms with Crippen LogP contribution in [-0.2, 0) is 0 Å². The molecular formula is C17H21FN2O. The van der Waals surface area contributed by atoms with Crippen LogP contribution in [0.4, 0.5) is 10.1 Å². The number of hydrogen-bond acceptors (Lipinski definition) is 3. The van der Waals surface area contributed by atoms with Crippen LogP contribution in [0.1, 0.15) is 18.0 Å². The van der Waals surface area contributed by atoms with Crippen LogP contribution in [0.2, 0.25) is 0 Å². The van der Waals surface area contributed by atoms with Crippen molar-refractivity contribution in [2.45, 2.75) is 12.5 Å². The Balaban J connectivity index is 2.01. The molecule has 0 aromatic heterocycles. The zero-order valence-corrected chi connectivity index (χ0v) is 12.4. The fourth-order valence-corrected chi connectivity index (χ4v) is 2.33. The third-order valence-electron chi connectivity index (χ3n) is 3.58. The van der Waals surface area contributed by atoms with E-state index in [1.807, 2.05) is 37.4 Å². The lowest BCUT2D eigenvalue weighted by Gasteiger charge is -2.23. The molecule has 0 amide bonds. The minimum atomic E-state index is -0.316. The molecule has 0 fully saturated rings. The molecule has 0 aliphatic heterocycles. The molecule has 2 aromatic rings. The summed E-state index contributed by atoms with van der Waals surface area (Å²) in [6.45, 7) is 0.718. The van der Waals surface area contributed by atoms with Crippen molar-refractivity contribution in [3.8, 4) is 5.75 Å². The predicted octanol–water partition coefficient (Wildman–Crippen LogP) is 3.36. The molecule has 1 unspecified atom stereocenters. The molecule has 0 bridgehead atoms. The number of rotatable bonds is 6. The van der Waals surface area contributed by atoms with Crippen LogP contribution < -0.4 is 15.4 Å². The Morgan fingerprint density at radius 2 is 1.81 bits per heavy atom. The van der Waals surface area contributed by atoms with Gasteiger partial charge in [0.25, 0.3) is 0 Å². The molecule has 0 spiro atoms. The summed E-state index contributed by atoms with van der Waals surface area (Å²) in [5, 5.41) is 0. The molecule has 1 atom stereocenters. The summed E-state index contributed by atoms with van der Waals surface area (Å²) < 4.78 is 19.0. The first-order chi connectivity index (χ1) is 10.1. The van der Waals surface area contributed by atoms with Gasteiger partial charge < -0.3 is 15.4 Å². The first kappa shape index (κ1) is 15.3. The first-order valence-electron chi connectivity index (χ1n) is 6.97. The molecule has 4 heteroatoms. The van der Waals surface area contributed by atoms with Crippen LogP contribution >= 0.6 is 0 Å². The van der Waals surface area contributed by atoms with Crippen molar-refractivity contribution >= 4 is 5.69 Å². The van der Waals surface area contributed by atoms with Crippen molar-refractivity contribution in [2.24, 2.45) is 5.73 Å². The van der Waals surface area contributed by atoms with Crippen LogP contribution in [0.25, 0.3) is 0 Å². The van der Waals surface area contributed by atoms with Gasteiger partial charge in [-0.3, -0.25) is 0 Å². The lowest BCUT2D eigenvalue weighted by Crippen LogP contribution is -2.24. The molecule has 0 saturated heterocycles. The number of anilines is 1. The maximum atomic E-state index is 13.7. The predicted molar refractivity (Wildman–Crippen MR) is 84.2 cm³/mol. The van der Waals surface area contributed by atoms with Crippen molar-refractivity contribution in [1.82, 2.24) is 0 Å². The molecule has 2 aromatic carbocycles. The summed E-state index contributed by atoms with van der Waals surface area (Å²) in [6, 6.07) is 14.2. The van der Waals surface area contributed by atoms with E-state index in [9.17, 15) is 4.39 Å². The number of benzene rings is 2. The number of methoxy groups -OCH3 is 1. The van der Waals surface area contributed by atoms with Gasteiger partial charge in [-0.05, 0) is 24.6 Å². The van der Waals surface area contributed by atoms with Gasteiger partial charge in [0.2, 0.25) is 0 Å². The Morgan fingerprint density at radius 3 is 2.52 bits per heavy atom. The Bertz CT molecular complexity index is 589. The van der Waals surface area contributed by atoms with E-state index in [-0.39, 0.29) is 11.9 Å². The molecule has 0 heterocycles. The van der Waals surface area contributed by atoms with Gasteiger partial charge in [-0.1, -0.05) is 30.3 Å². The van der Waals surface area contributed by atoms with Crippen LogP contribution in [0.3, 0.4) is 0 Å². The topological polar surface area (TPSA) is 38.5 Å². The molecule has 21 heavy (non-hydrogen) atoms. The summed E-state index contributed by atoms with van der Waals surface area (Å²) in [5.41, 5.74) is 7.66.